The summed E-state index contributed by atoms with van der Waals surface area (Å²) in [6.07, 6.45) is 0. The molecule has 4 nitrogen and oxygen atoms in total. The van der Waals surface area contributed by atoms with Crippen LogP contribution in [0.5, 0.6) is 0 Å². The van der Waals surface area contributed by atoms with Crippen LogP contribution in [0.3, 0.4) is 0 Å². The van der Waals surface area contributed by atoms with Crippen LogP contribution < -0.4 is 9.62 Å². The van der Waals surface area contributed by atoms with E-state index in [1.54, 1.807) is 19.0 Å². The summed E-state index contributed by atoms with van der Waals surface area (Å²) in [4.78, 5) is 1.58. The van der Waals surface area contributed by atoms with Gasteiger partial charge in [0.15, 0.2) is 0 Å². The molecule has 0 unspecified atom stereocenters. The Hall–Kier alpha value is -2.15. The van der Waals surface area contributed by atoms with Crippen LogP contribution in [0.15, 0.2) is 41.3 Å². The third-order valence-corrected chi connectivity index (χ3v) is 4.49. The molecular weight excluding hydrogens is 310 g/mol. The van der Waals surface area contributed by atoms with E-state index in [0.29, 0.717) is 5.69 Å². The van der Waals surface area contributed by atoms with Crippen molar-refractivity contribution in [1.82, 2.24) is 0 Å². The Kier molecular flexibility index (Phi) is 4.37. The second kappa shape index (κ2) is 5.92. The van der Waals surface area contributed by atoms with E-state index >= 15 is 0 Å². The Bertz CT molecular complexity index is 805. The summed E-state index contributed by atoms with van der Waals surface area (Å²) in [5, 5.41) is 0. The Balaban J connectivity index is 2.44. The van der Waals surface area contributed by atoms with E-state index in [1.807, 2.05) is 0 Å². The molecule has 0 fully saturated rings. The van der Waals surface area contributed by atoms with Crippen LogP contribution in [0.4, 0.5) is 20.2 Å². The lowest BCUT2D eigenvalue weighted by Crippen LogP contribution is -2.17. The molecule has 0 aliphatic rings. The van der Waals surface area contributed by atoms with Crippen molar-refractivity contribution in [2.45, 2.75) is 11.8 Å². The first kappa shape index (κ1) is 16.2. The normalized spacial score (nSPS) is 11.3. The number of nitrogens with zero attached hydrogens (tertiary/aromatic N) is 1. The molecule has 0 aromatic heterocycles. The fourth-order valence-electron chi connectivity index (χ4n) is 1.97. The van der Waals surface area contributed by atoms with Gasteiger partial charge < -0.3 is 4.90 Å². The smallest absolute Gasteiger partial charge is 0.261 e. The fraction of sp³-hybridized carbons (Fsp3) is 0.200. The van der Waals surface area contributed by atoms with Crippen molar-refractivity contribution in [3.8, 4) is 0 Å². The molecule has 0 bridgehead atoms. The van der Waals surface area contributed by atoms with E-state index in [1.165, 1.54) is 31.2 Å². The minimum absolute atomic E-state index is 0.0830. The lowest BCUT2D eigenvalue weighted by Gasteiger charge is -2.18. The molecule has 0 amide bonds. The van der Waals surface area contributed by atoms with Crippen LogP contribution in [0.1, 0.15) is 5.56 Å². The molecule has 7 heteroatoms. The molecule has 0 radical (unpaired) electrons. The summed E-state index contributed by atoms with van der Waals surface area (Å²) < 4.78 is 53.8. The molecule has 0 saturated heterocycles. The molecule has 1 N–H and O–H groups in total. The Morgan fingerprint density at radius 2 is 1.73 bits per heavy atom. The van der Waals surface area contributed by atoms with Gasteiger partial charge in [0.1, 0.15) is 11.6 Å². The van der Waals surface area contributed by atoms with Gasteiger partial charge in [0.05, 0.1) is 16.3 Å². The third kappa shape index (κ3) is 3.36. The Morgan fingerprint density at radius 1 is 1.05 bits per heavy atom. The number of anilines is 2. The van der Waals surface area contributed by atoms with Gasteiger partial charge in [0, 0.05) is 20.2 Å². The highest BCUT2D eigenvalue weighted by molar-refractivity contribution is 7.92. The largest absolute Gasteiger partial charge is 0.376 e. The van der Waals surface area contributed by atoms with Crippen molar-refractivity contribution >= 4 is 21.4 Å². The van der Waals surface area contributed by atoms with E-state index in [9.17, 15) is 17.2 Å². The fourth-order valence-corrected chi connectivity index (χ4v) is 3.12. The van der Waals surface area contributed by atoms with Gasteiger partial charge in [-0.1, -0.05) is 0 Å². The van der Waals surface area contributed by atoms with Gasteiger partial charge in [-0.3, -0.25) is 4.72 Å². The number of benzene rings is 2. The molecule has 0 spiro atoms. The Labute approximate surface area is 128 Å². The molecule has 0 aliphatic heterocycles. The van der Waals surface area contributed by atoms with Crippen molar-refractivity contribution in [1.29, 1.82) is 0 Å². The van der Waals surface area contributed by atoms with Crippen molar-refractivity contribution in [2.75, 3.05) is 23.7 Å². The van der Waals surface area contributed by atoms with Crippen molar-refractivity contribution in [2.24, 2.45) is 0 Å². The van der Waals surface area contributed by atoms with Crippen LogP contribution >= 0.6 is 0 Å². The Morgan fingerprint density at radius 3 is 2.32 bits per heavy atom. The predicted octanol–water partition coefficient (Wildman–Crippen LogP) is 3.14. The molecule has 118 valence electrons. The minimum atomic E-state index is -3.94. The molecule has 2 aromatic rings. The standard InChI is InChI=1S/C15H16F2N2O2S/c1-10-8-12(5-6-13(10)17)22(20,21)18-14-9-11(16)4-7-15(14)19(2)3/h4-9,18H,1-3H3. The second-order valence-corrected chi connectivity index (χ2v) is 6.75. The number of sulfonamides is 1. The highest BCUT2D eigenvalue weighted by Crippen LogP contribution is 2.28. The summed E-state index contributed by atoms with van der Waals surface area (Å²) in [5.41, 5.74) is 0.853. The van der Waals surface area contributed by atoms with E-state index in [2.05, 4.69) is 4.72 Å². The minimum Gasteiger partial charge on any atom is -0.376 e. The number of hydrogen-bond donors (Lipinski definition) is 1. The van der Waals surface area contributed by atoms with Crippen LogP contribution in [0.2, 0.25) is 0 Å². The zero-order valence-corrected chi connectivity index (χ0v) is 13.2. The molecule has 0 heterocycles. The first-order valence-corrected chi connectivity index (χ1v) is 7.95. The molecule has 2 aromatic carbocycles. The van der Waals surface area contributed by atoms with Gasteiger partial charge in [0.25, 0.3) is 10.0 Å². The van der Waals surface area contributed by atoms with Crippen molar-refractivity contribution in [3.63, 3.8) is 0 Å². The maximum absolute atomic E-state index is 13.4. The summed E-state index contributed by atoms with van der Waals surface area (Å²) >= 11 is 0. The van der Waals surface area contributed by atoms with Gasteiger partial charge in [-0.2, -0.15) is 0 Å². The van der Waals surface area contributed by atoms with E-state index < -0.39 is 21.7 Å². The maximum atomic E-state index is 13.4. The number of aryl methyl sites for hydroxylation is 1. The average Bonchev–Trinajstić information content (AvgIpc) is 2.41. The zero-order chi connectivity index (χ0) is 16.5. The lowest BCUT2D eigenvalue weighted by atomic mass is 10.2. The van der Waals surface area contributed by atoms with Crippen LogP contribution in [-0.2, 0) is 10.0 Å². The molecular formula is C15H16F2N2O2S. The van der Waals surface area contributed by atoms with Crippen LogP contribution in [0, 0.1) is 18.6 Å². The van der Waals surface area contributed by atoms with Gasteiger partial charge in [-0.05, 0) is 42.8 Å². The van der Waals surface area contributed by atoms with Crippen molar-refractivity contribution < 1.29 is 17.2 Å². The highest BCUT2D eigenvalue weighted by Gasteiger charge is 2.18. The SMILES string of the molecule is Cc1cc(S(=O)(=O)Nc2cc(F)ccc2N(C)C)ccc1F. The quantitative estimate of drug-likeness (QED) is 0.939. The molecule has 2 rings (SSSR count). The second-order valence-electron chi connectivity index (χ2n) is 5.07. The number of nitrogens with one attached hydrogen (secondary N) is 1. The third-order valence-electron chi connectivity index (χ3n) is 3.12. The first-order chi connectivity index (χ1) is 10.2. The lowest BCUT2D eigenvalue weighted by molar-refractivity contribution is 0.598. The first-order valence-electron chi connectivity index (χ1n) is 6.46. The van der Waals surface area contributed by atoms with Crippen LogP contribution in [-0.4, -0.2) is 22.5 Å². The molecule has 0 saturated carbocycles. The monoisotopic (exact) mass is 326 g/mol. The van der Waals surface area contributed by atoms with Gasteiger partial charge >= 0.3 is 0 Å². The van der Waals surface area contributed by atoms with Crippen molar-refractivity contribution in [3.05, 3.63) is 53.6 Å². The number of hydrogen-bond acceptors (Lipinski definition) is 3. The highest BCUT2D eigenvalue weighted by atomic mass is 32.2. The topological polar surface area (TPSA) is 49.4 Å². The van der Waals surface area contributed by atoms with E-state index in [0.717, 1.165) is 12.1 Å². The average molecular weight is 326 g/mol. The molecule has 22 heavy (non-hydrogen) atoms. The summed E-state index contributed by atoms with van der Waals surface area (Å²) in [6.45, 7) is 1.47. The maximum Gasteiger partial charge on any atom is 0.261 e. The predicted molar refractivity (Wildman–Crippen MR) is 82.7 cm³/mol. The summed E-state index contributed by atoms with van der Waals surface area (Å²) in [5.74, 6) is -1.04. The number of halogens is 2. The molecule has 0 aliphatic carbocycles. The van der Waals surface area contributed by atoms with Gasteiger partial charge in [-0.25, -0.2) is 17.2 Å². The summed E-state index contributed by atoms with van der Waals surface area (Å²) in [6, 6.07) is 7.30. The summed E-state index contributed by atoms with van der Waals surface area (Å²) in [7, 11) is -0.505. The van der Waals surface area contributed by atoms with Gasteiger partial charge in [0.2, 0.25) is 0 Å². The van der Waals surface area contributed by atoms with Crippen LogP contribution in [0.25, 0.3) is 0 Å². The van der Waals surface area contributed by atoms with E-state index in [4.69, 9.17) is 0 Å². The van der Waals surface area contributed by atoms with E-state index in [-0.39, 0.29) is 16.1 Å². The zero-order valence-electron chi connectivity index (χ0n) is 12.4. The van der Waals surface area contributed by atoms with Gasteiger partial charge in [-0.15, -0.1) is 0 Å². The number of rotatable bonds is 4. The molecule has 0 atom stereocenters.